The molecule has 1 aromatic rings. The highest BCUT2D eigenvalue weighted by molar-refractivity contribution is 5.27. The van der Waals surface area contributed by atoms with Gasteiger partial charge in [0.25, 0.3) is 0 Å². The van der Waals surface area contributed by atoms with Gasteiger partial charge in [-0.2, -0.15) is 0 Å². The van der Waals surface area contributed by atoms with E-state index < -0.39 is 0 Å². The maximum Gasteiger partial charge on any atom is 0.0323 e. The number of benzene rings is 1. The summed E-state index contributed by atoms with van der Waals surface area (Å²) in [6, 6.07) is 9.49. The fourth-order valence-corrected chi connectivity index (χ4v) is 2.14. The van der Waals surface area contributed by atoms with Crippen LogP contribution in [-0.4, -0.2) is 6.54 Å². The molecule has 1 nitrogen and oxygen atoms in total. The van der Waals surface area contributed by atoms with Crippen LogP contribution in [0.2, 0.25) is 0 Å². The Kier molecular flexibility index (Phi) is 6.14. The lowest BCUT2D eigenvalue weighted by Gasteiger charge is -2.19. The molecular formula is C17H27N. The molecule has 1 rings (SSSR count). The Labute approximate surface area is 112 Å². The van der Waals surface area contributed by atoms with E-state index in [4.69, 9.17) is 0 Å². The molecule has 0 aliphatic carbocycles. The third-order valence-corrected chi connectivity index (χ3v) is 3.32. The van der Waals surface area contributed by atoms with E-state index in [1.807, 2.05) is 0 Å². The smallest absolute Gasteiger partial charge is 0.0323 e. The van der Waals surface area contributed by atoms with Gasteiger partial charge in [0.15, 0.2) is 0 Å². The predicted octanol–water partition coefficient (Wildman–Crippen LogP) is 4.82. The second kappa shape index (κ2) is 7.38. The molecule has 1 N–H and O–H groups in total. The number of rotatable bonds is 7. The first-order valence-electron chi connectivity index (χ1n) is 7.02. The van der Waals surface area contributed by atoms with Gasteiger partial charge in [-0.1, -0.05) is 50.6 Å². The molecule has 0 spiro atoms. The van der Waals surface area contributed by atoms with Gasteiger partial charge in [0.1, 0.15) is 0 Å². The molecule has 0 aliphatic heterocycles. The van der Waals surface area contributed by atoms with Crippen LogP contribution in [-0.2, 0) is 0 Å². The van der Waals surface area contributed by atoms with E-state index in [2.05, 4.69) is 63.9 Å². The summed E-state index contributed by atoms with van der Waals surface area (Å²) in [5.74, 6) is 0.604. The molecule has 0 saturated heterocycles. The average Bonchev–Trinajstić information content (AvgIpc) is 2.34. The van der Waals surface area contributed by atoms with E-state index in [1.54, 1.807) is 0 Å². The van der Waals surface area contributed by atoms with Crippen LogP contribution < -0.4 is 5.32 Å². The number of allylic oxidation sites excluding steroid dienone is 1. The van der Waals surface area contributed by atoms with Crippen molar-refractivity contribution < 1.29 is 0 Å². The van der Waals surface area contributed by atoms with Gasteiger partial charge in [-0.15, -0.1) is 6.58 Å². The molecule has 100 valence electrons. The highest BCUT2D eigenvalue weighted by Crippen LogP contribution is 2.23. The van der Waals surface area contributed by atoms with Gasteiger partial charge < -0.3 is 5.32 Å². The largest absolute Gasteiger partial charge is 0.310 e. The van der Waals surface area contributed by atoms with E-state index in [-0.39, 0.29) is 0 Å². The van der Waals surface area contributed by atoms with Gasteiger partial charge in [-0.05, 0) is 43.4 Å². The van der Waals surface area contributed by atoms with Crippen molar-refractivity contribution in [1.29, 1.82) is 0 Å². The molecule has 1 aromatic carbocycles. The van der Waals surface area contributed by atoms with Gasteiger partial charge in [-0.25, -0.2) is 0 Å². The van der Waals surface area contributed by atoms with Crippen molar-refractivity contribution in [3.8, 4) is 0 Å². The summed E-state index contributed by atoms with van der Waals surface area (Å²) in [4.78, 5) is 0. The first-order valence-corrected chi connectivity index (χ1v) is 7.02. The summed E-state index contributed by atoms with van der Waals surface area (Å²) >= 11 is 0. The molecule has 0 amide bonds. The average molecular weight is 245 g/mol. The minimum Gasteiger partial charge on any atom is -0.310 e. The molecular weight excluding hydrogens is 218 g/mol. The minimum atomic E-state index is 0.452. The zero-order valence-electron chi connectivity index (χ0n) is 12.3. The highest BCUT2D eigenvalue weighted by Gasteiger charge is 2.10. The quantitative estimate of drug-likeness (QED) is 0.679. The van der Waals surface area contributed by atoms with Crippen molar-refractivity contribution in [2.45, 2.75) is 52.5 Å². The lowest BCUT2D eigenvalue weighted by atomic mass is 9.96. The Morgan fingerprint density at radius 3 is 2.17 bits per heavy atom. The van der Waals surface area contributed by atoms with E-state index in [0.29, 0.717) is 12.0 Å². The molecule has 0 saturated carbocycles. The fourth-order valence-electron chi connectivity index (χ4n) is 2.14. The monoisotopic (exact) mass is 245 g/mol. The molecule has 0 radical (unpaired) electrons. The molecule has 1 unspecified atom stereocenters. The van der Waals surface area contributed by atoms with Crippen LogP contribution in [0.5, 0.6) is 0 Å². The molecule has 0 aliphatic rings. The molecule has 18 heavy (non-hydrogen) atoms. The lowest BCUT2D eigenvalue weighted by molar-refractivity contribution is 0.514. The molecule has 0 aromatic heterocycles. The Balaban J connectivity index is 2.75. The molecule has 1 atom stereocenters. The van der Waals surface area contributed by atoms with Gasteiger partial charge in [-0.3, -0.25) is 0 Å². The first-order chi connectivity index (χ1) is 8.54. The van der Waals surface area contributed by atoms with Crippen molar-refractivity contribution >= 4 is 0 Å². The van der Waals surface area contributed by atoms with Crippen LogP contribution in [0.25, 0.3) is 0 Å². The van der Waals surface area contributed by atoms with Crippen LogP contribution in [0.1, 0.15) is 63.6 Å². The van der Waals surface area contributed by atoms with Crippen LogP contribution in [0.3, 0.4) is 0 Å². The fraction of sp³-hybridized carbons (Fsp3) is 0.529. The SMILES string of the molecule is C=C(C)CCC(NCC)c1ccc(C(C)C)cc1. The Morgan fingerprint density at radius 1 is 1.17 bits per heavy atom. The summed E-state index contributed by atoms with van der Waals surface area (Å²) in [5, 5.41) is 3.56. The van der Waals surface area contributed by atoms with Gasteiger partial charge in [0.2, 0.25) is 0 Å². The second-order valence-corrected chi connectivity index (χ2v) is 5.43. The summed E-state index contributed by atoms with van der Waals surface area (Å²) in [6.07, 6.45) is 2.22. The van der Waals surface area contributed by atoms with Crippen molar-refractivity contribution in [3.63, 3.8) is 0 Å². The maximum atomic E-state index is 3.99. The number of hydrogen-bond acceptors (Lipinski definition) is 1. The zero-order valence-corrected chi connectivity index (χ0v) is 12.3. The molecule has 1 heteroatoms. The van der Waals surface area contributed by atoms with E-state index in [0.717, 1.165) is 19.4 Å². The number of nitrogens with one attached hydrogen (secondary N) is 1. The highest BCUT2D eigenvalue weighted by atomic mass is 14.9. The van der Waals surface area contributed by atoms with Crippen LogP contribution in [0.15, 0.2) is 36.4 Å². The third-order valence-electron chi connectivity index (χ3n) is 3.32. The summed E-state index contributed by atoms with van der Waals surface area (Å²) in [5.41, 5.74) is 4.06. The van der Waals surface area contributed by atoms with Gasteiger partial charge >= 0.3 is 0 Å². The Morgan fingerprint density at radius 2 is 1.72 bits per heavy atom. The van der Waals surface area contributed by atoms with Gasteiger partial charge in [0.05, 0.1) is 0 Å². The maximum absolute atomic E-state index is 3.99. The van der Waals surface area contributed by atoms with Crippen molar-refractivity contribution in [2.75, 3.05) is 6.54 Å². The second-order valence-electron chi connectivity index (χ2n) is 5.43. The van der Waals surface area contributed by atoms with Gasteiger partial charge in [0, 0.05) is 6.04 Å². The summed E-state index contributed by atoms with van der Waals surface area (Å²) in [7, 11) is 0. The van der Waals surface area contributed by atoms with E-state index in [9.17, 15) is 0 Å². The van der Waals surface area contributed by atoms with Crippen molar-refractivity contribution in [2.24, 2.45) is 0 Å². The summed E-state index contributed by atoms with van der Waals surface area (Å²) in [6.45, 7) is 13.7. The number of hydrogen-bond donors (Lipinski definition) is 1. The first kappa shape index (κ1) is 15.0. The normalized spacial score (nSPS) is 12.7. The minimum absolute atomic E-state index is 0.452. The van der Waals surface area contributed by atoms with Crippen molar-refractivity contribution in [1.82, 2.24) is 5.32 Å². The Bertz CT molecular complexity index is 362. The predicted molar refractivity (Wildman–Crippen MR) is 81.0 cm³/mol. The third kappa shape index (κ3) is 4.66. The lowest BCUT2D eigenvalue weighted by Crippen LogP contribution is -2.20. The molecule has 0 heterocycles. The van der Waals surface area contributed by atoms with Crippen LogP contribution in [0, 0.1) is 0 Å². The standard InChI is InChI=1S/C17H27N/c1-6-18-17(12-7-13(2)3)16-10-8-15(9-11-16)14(4)5/h8-11,14,17-18H,2,6-7,12H2,1,3-5H3. The van der Waals surface area contributed by atoms with E-state index >= 15 is 0 Å². The Hall–Kier alpha value is -1.08. The van der Waals surface area contributed by atoms with Crippen LogP contribution >= 0.6 is 0 Å². The topological polar surface area (TPSA) is 12.0 Å². The van der Waals surface area contributed by atoms with Crippen molar-refractivity contribution in [3.05, 3.63) is 47.5 Å². The molecule has 0 bridgehead atoms. The molecule has 0 fully saturated rings. The van der Waals surface area contributed by atoms with E-state index in [1.165, 1.54) is 16.7 Å². The summed E-state index contributed by atoms with van der Waals surface area (Å²) < 4.78 is 0. The van der Waals surface area contributed by atoms with Crippen LogP contribution in [0.4, 0.5) is 0 Å². The zero-order chi connectivity index (χ0) is 13.5.